The van der Waals surface area contributed by atoms with Gasteiger partial charge in [0.25, 0.3) is 0 Å². The van der Waals surface area contributed by atoms with Crippen molar-refractivity contribution in [2.24, 2.45) is 16.9 Å². The molecule has 0 spiro atoms. The standard InChI is InChI=1S/C20H19ClN4O4/c1-2-29-19(28)20(10-22)14-8-5-12(17(23)26)9-25(14)16(18(24)27)15(20)11-3-6-13(21)7-4-11/h3-9,14-16H,2H2,1H3,(H2,23,26)(H2,24,27)/t14-,15-,16-,20+/m1/s1. The third-order valence-electron chi connectivity index (χ3n) is 5.26. The van der Waals surface area contributed by atoms with Crippen LogP contribution in [0.25, 0.3) is 0 Å². The number of benzene rings is 1. The first-order valence-electron chi connectivity index (χ1n) is 8.88. The number of carbonyl (C=O) groups is 3. The summed E-state index contributed by atoms with van der Waals surface area (Å²) in [5, 5.41) is 10.7. The maximum absolute atomic E-state index is 13.1. The second kappa shape index (κ2) is 7.60. The van der Waals surface area contributed by atoms with Crippen LogP contribution in [0.1, 0.15) is 18.4 Å². The van der Waals surface area contributed by atoms with E-state index in [1.54, 1.807) is 31.2 Å². The first-order chi connectivity index (χ1) is 13.8. The lowest BCUT2D eigenvalue weighted by molar-refractivity contribution is -0.153. The van der Waals surface area contributed by atoms with Crippen molar-refractivity contribution in [3.8, 4) is 6.07 Å². The van der Waals surface area contributed by atoms with Gasteiger partial charge < -0.3 is 21.1 Å². The highest BCUT2D eigenvalue weighted by Crippen LogP contribution is 2.53. The molecule has 150 valence electrons. The van der Waals surface area contributed by atoms with E-state index in [4.69, 9.17) is 27.8 Å². The van der Waals surface area contributed by atoms with Gasteiger partial charge in [-0.1, -0.05) is 29.8 Å². The molecule has 4 atom stereocenters. The molecule has 1 aromatic carbocycles. The summed E-state index contributed by atoms with van der Waals surface area (Å²) in [4.78, 5) is 38.7. The van der Waals surface area contributed by atoms with Gasteiger partial charge in [-0.2, -0.15) is 5.26 Å². The minimum Gasteiger partial charge on any atom is -0.465 e. The van der Waals surface area contributed by atoms with Gasteiger partial charge in [0.2, 0.25) is 11.8 Å². The number of nitriles is 1. The molecule has 9 heteroatoms. The van der Waals surface area contributed by atoms with Gasteiger partial charge >= 0.3 is 5.97 Å². The van der Waals surface area contributed by atoms with Crippen molar-refractivity contribution in [3.63, 3.8) is 0 Å². The minimum atomic E-state index is -1.78. The smallest absolute Gasteiger partial charge is 0.329 e. The Bertz CT molecular complexity index is 966. The molecule has 0 radical (unpaired) electrons. The SMILES string of the molecule is CCOC(=O)[C@]1(C#N)[C@H](c2ccc(Cl)cc2)[C@H](C(N)=O)N2C=C(C(N)=O)C=C[C@@H]21. The van der Waals surface area contributed by atoms with Crippen molar-refractivity contribution in [1.29, 1.82) is 5.26 Å². The number of nitrogens with zero attached hydrogens (tertiary/aromatic N) is 2. The van der Waals surface area contributed by atoms with Crippen LogP contribution in [0.4, 0.5) is 0 Å². The van der Waals surface area contributed by atoms with Gasteiger partial charge in [-0.05, 0) is 30.7 Å². The zero-order valence-electron chi connectivity index (χ0n) is 15.5. The fourth-order valence-electron chi connectivity index (χ4n) is 4.08. The van der Waals surface area contributed by atoms with E-state index in [9.17, 15) is 19.6 Å². The summed E-state index contributed by atoms with van der Waals surface area (Å²) in [6, 6.07) is 6.59. The van der Waals surface area contributed by atoms with Gasteiger partial charge in [-0.15, -0.1) is 0 Å². The Kier molecular flexibility index (Phi) is 5.36. The number of halogens is 1. The van der Waals surface area contributed by atoms with E-state index in [1.807, 2.05) is 0 Å². The summed E-state index contributed by atoms with van der Waals surface area (Å²) in [7, 11) is 0. The van der Waals surface area contributed by atoms with Crippen molar-refractivity contribution in [1.82, 2.24) is 4.90 Å². The molecule has 0 aliphatic carbocycles. The first-order valence-corrected chi connectivity index (χ1v) is 9.26. The molecule has 2 amide bonds. The molecule has 8 nitrogen and oxygen atoms in total. The molecular formula is C20H19ClN4O4. The van der Waals surface area contributed by atoms with Crippen molar-refractivity contribution in [2.45, 2.75) is 24.9 Å². The van der Waals surface area contributed by atoms with E-state index in [0.29, 0.717) is 10.6 Å². The number of amides is 2. The predicted molar refractivity (Wildman–Crippen MR) is 104 cm³/mol. The van der Waals surface area contributed by atoms with Crippen LogP contribution in [0.3, 0.4) is 0 Å². The molecule has 0 aromatic heterocycles. The number of hydrogen-bond donors (Lipinski definition) is 2. The normalized spacial score (nSPS) is 27.6. The van der Waals surface area contributed by atoms with Crippen LogP contribution < -0.4 is 11.5 Å². The minimum absolute atomic E-state index is 0.0512. The number of esters is 1. The highest BCUT2D eigenvalue weighted by atomic mass is 35.5. The average Bonchev–Trinajstić information content (AvgIpc) is 2.99. The molecule has 3 rings (SSSR count). The molecule has 2 aliphatic rings. The molecule has 1 saturated heterocycles. The van der Waals surface area contributed by atoms with E-state index in [-0.39, 0.29) is 12.2 Å². The topological polar surface area (TPSA) is 140 Å². The molecular weight excluding hydrogens is 396 g/mol. The maximum Gasteiger partial charge on any atom is 0.329 e. The fraction of sp³-hybridized carbons (Fsp3) is 0.300. The summed E-state index contributed by atoms with van der Waals surface area (Å²) in [6.07, 6.45) is 4.30. The second-order valence-electron chi connectivity index (χ2n) is 6.78. The van der Waals surface area contributed by atoms with Crippen LogP contribution in [-0.2, 0) is 19.1 Å². The highest BCUT2D eigenvalue weighted by molar-refractivity contribution is 6.30. The molecule has 0 bridgehead atoms. The second-order valence-corrected chi connectivity index (χ2v) is 7.21. The summed E-state index contributed by atoms with van der Waals surface area (Å²) in [5.74, 6) is -3.20. The lowest BCUT2D eigenvalue weighted by Crippen LogP contribution is -2.45. The largest absolute Gasteiger partial charge is 0.465 e. The average molecular weight is 415 g/mol. The number of primary amides is 2. The number of nitrogens with two attached hydrogens (primary N) is 2. The Hall–Kier alpha value is -3.31. The number of hydrogen-bond acceptors (Lipinski definition) is 6. The Balaban J connectivity index is 2.28. The molecule has 2 heterocycles. The van der Waals surface area contributed by atoms with Gasteiger partial charge in [0.05, 0.1) is 24.3 Å². The summed E-state index contributed by atoms with van der Waals surface area (Å²) in [5.41, 5.74) is 9.93. The van der Waals surface area contributed by atoms with Gasteiger partial charge in [-0.3, -0.25) is 14.4 Å². The van der Waals surface area contributed by atoms with Crippen LogP contribution >= 0.6 is 11.6 Å². The summed E-state index contributed by atoms with van der Waals surface area (Å²) < 4.78 is 5.23. The van der Waals surface area contributed by atoms with Crippen LogP contribution in [-0.4, -0.2) is 41.4 Å². The van der Waals surface area contributed by atoms with E-state index in [2.05, 4.69) is 6.07 Å². The van der Waals surface area contributed by atoms with Crippen LogP contribution in [0.5, 0.6) is 0 Å². The lowest BCUT2D eigenvalue weighted by atomic mass is 9.68. The number of fused-ring (bicyclic) bond motifs is 1. The lowest BCUT2D eigenvalue weighted by Gasteiger charge is -2.32. The van der Waals surface area contributed by atoms with Crippen molar-refractivity contribution < 1.29 is 19.1 Å². The summed E-state index contributed by atoms with van der Waals surface area (Å²) >= 11 is 5.98. The Morgan fingerprint density at radius 1 is 1.28 bits per heavy atom. The van der Waals surface area contributed by atoms with Crippen molar-refractivity contribution in [3.05, 3.63) is 58.8 Å². The third-order valence-corrected chi connectivity index (χ3v) is 5.52. The highest BCUT2D eigenvalue weighted by Gasteiger charge is 2.66. The van der Waals surface area contributed by atoms with E-state index in [1.165, 1.54) is 23.3 Å². The molecule has 2 aliphatic heterocycles. The van der Waals surface area contributed by atoms with Crippen LogP contribution in [0.2, 0.25) is 5.02 Å². The Labute approximate surface area is 172 Å². The Morgan fingerprint density at radius 3 is 2.45 bits per heavy atom. The van der Waals surface area contributed by atoms with Gasteiger partial charge in [0.15, 0.2) is 5.41 Å². The summed E-state index contributed by atoms with van der Waals surface area (Å²) in [6.45, 7) is 1.68. The maximum atomic E-state index is 13.1. The molecule has 4 N–H and O–H groups in total. The molecule has 1 aromatic rings. The Morgan fingerprint density at radius 2 is 1.93 bits per heavy atom. The zero-order chi connectivity index (χ0) is 21.3. The van der Waals surface area contributed by atoms with Crippen molar-refractivity contribution in [2.75, 3.05) is 6.61 Å². The first kappa shape index (κ1) is 20.4. The zero-order valence-corrected chi connectivity index (χ0v) is 16.3. The van der Waals surface area contributed by atoms with Crippen LogP contribution in [0, 0.1) is 16.7 Å². The van der Waals surface area contributed by atoms with Crippen LogP contribution in [0.15, 0.2) is 48.2 Å². The molecule has 1 fully saturated rings. The number of carbonyl (C=O) groups excluding carboxylic acids is 3. The predicted octanol–water partition coefficient (Wildman–Crippen LogP) is 0.974. The van der Waals surface area contributed by atoms with Gasteiger partial charge in [0, 0.05) is 17.1 Å². The number of ether oxygens (including phenoxy) is 1. The van der Waals surface area contributed by atoms with Gasteiger partial charge in [0.1, 0.15) is 6.04 Å². The number of rotatable bonds is 5. The van der Waals surface area contributed by atoms with E-state index in [0.717, 1.165) is 0 Å². The van der Waals surface area contributed by atoms with E-state index < -0.39 is 41.2 Å². The monoisotopic (exact) mass is 414 g/mol. The molecule has 0 saturated carbocycles. The fourth-order valence-corrected chi connectivity index (χ4v) is 4.20. The van der Waals surface area contributed by atoms with Crippen molar-refractivity contribution >= 4 is 29.4 Å². The molecule has 29 heavy (non-hydrogen) atoms. The quantitative estimate of drug-likeness (QED) is 0.688. The van der Waals surface area contributed by atoms with E-state index >= 15 is 0 Å². The molecule has 0 unspecified atom stereocenters. The van der Waals surface area contributed by atoms with Gasteiger partial charge in [-0.25, -0.2) is 0 Å². The third kappa shape index (κ3) is 3.13.